The fourth-order valence-electron chi connectivity index (χ4n) is 1.25. The Morgan fingerprint density at radius 2 is 2.43 bits per heavy atom. The monoisotopic (exact) mass is 305 g/mol. The average Bonchev–Trinajstić information content (AvgIpc) is 2.14. The van der Waals surface area contributed by atoms with Crippen LogP contribution in [0.4, 0.5) is 0 Å². The Morgan fingerprint density at radius 1 is 1.64 bits per heavy atom. The number of rotatable bonds is 3. The average molecular weight is 305 g/mol. The van der Waals surface area contributed by atoms with E-state index in [9.17, 15) is 0 Å². The lowest BCUT2D eigenvalue weighted by Gasteiger charge is -2.37. The molecule has 1 saturated heterocycles. The predicted molar refractivity (Wildman–Crippen MR) is 61.4 cm³/mol. The fourth-order valence-corrected chi connectivity index (χ4v) is 1.76. The third-order valence-corrected chi connectivity index (χ3v) is 3.00. The minimum Gasteiger partial charge on any atom is -0.476 e. The van der Waals surface area contributed by atoms with Gasteiger partial charge in [-0.25, -0.2) is 4.98 Å². The van der Waals surface area contributed by atoms with Crippen LogP contribution in [0.2, 0.25) is 0 Å². The number of aromatic nitrogens is 1. The van der Waals surface area contributed by atoms with Gasteiger partial charge in [0.1, 0.15) is 0 Å². The van der Waals surface area contributed by atoms with Crippen LogP contribution in [-0.4, -0.2) is 24.8 Å². The summed E-state index contributed by atoms with van der Waals surface area (Å²) in [6.07, 6.45) is 1.75. The van der Waals surface area contributed by atoms with Gasteiger partial charge in [0.25, 0.3) is 0 Å². The molecule has 1 fully saturated rings. The highest BCUT2D eigenvalue weighted by Gasteiger charge is 2.34. The molecule has 0 unspecified atom stereocenters. The SMILES string of the molecule is CC1(COc2ncccc2I)COC1. The van der Waals surface area contributed by atoms with Crippen molar-refractivity contribution in [3.8, 4) is 5.88 Å². The summed E-state index contributed by atoms with van der Waals surface area (Å²) in [4.78, 5) is 4.17. The molecule has 0 aromatic carbocycles. The van der Waals surface area contributed by atoms with E-state index in [-0.39, 0.29) is 5.41 Å². The van der Waals surface area contributed by atoms with Crippen molar-refractivity contribution in [2.24, 2.45) is 5.41 Å². The van der Waals surface area contributed by atoms with Crippen molar-refractivity contribution >= 4 is 22.6 Å². The lowest BCUT2D eigenvalue weighted by Crippen LogP contribution is -2.44. The Hall–Kier alpha value is -0.360. The summed E-state index contributed by atoms with van der Waals surface area (Å²) in [7, 11) is 0. The fraction of sp³-hybridized carbons (Fsp3) is 0.500. The molecule has 1 aliphatic rings. The van der Waals surface area contributed by atoms with E-state index in [1.807, 2.05) is 12.1 Å². The normalized spacial score (nSPS) is 18.7. The van der Waals surface area contributed by atoms with E-state index in [1.54, 1.807) is 6.20 Å². The zero-order chi connectivity index (χ0) is 10.0. The lowest BCUT2D eigenvalue weighted by molar-refractivity contribution is -0.120. The minimum absolute atomic E-state index is 0.181. The summed E-state index contributed by atoms with van der Waals surface area (Å²) >= 11 is 2.22. The van der Waals surface area contributed by atoms with Gasteiger partial charge >= 0.3 is 0 Å². The number of pyridine rings is 1. The highest BCUT2D eigenvalue weighted by molar-refractivity contribution is 14.1. The molecule has 2 rings (SSSR count). The molecule has 76 valence electrons. The Bertz CT molecular complexity index is 326. The zero-order valence-electron chi connectivity index (χ0n) is 8.00. The zero-order valence-corrected chi connectivity index (χ0v) is 10.2. The van der Waals surface area contributed by atoms with Crippen molar-refractivity contribution in [3.63, 3.8) is 0 Å². The third-order valence-electron chi connectivity index (χ3n) is 2.18. The van der Waals surface area contributed by atoms with Crippen LogP contribution in [0.1, 0.15) is 6.92 Å². The number of hydrogen-bond donors (Lipinski definition) is 0. The van der Waals surface area contributed by atoms with E-state index in [0.29, 0.717) is 6.61 Å². The van der Waals surface area contributed by atoms with Crippen molar-refractivity contribution in [3.05, 3.63) is 21.9 Å². The number of hydrogen-bond acceptors (Lipinski definition) is 3. The third kappa shape index (κ3) is 2.17. The molecule has 0 spiro atoms. The molecule has 14 heavy (non-hydrogen) atoms. The smallest absolute Gasteiger partial charge is 0.227 e. The first-order valence-electron chi connectivity index (χ1n) is 4.51. The molecule has 4 heteroatoms. The van der Waals surface area contributed by atoms with Gasteiger partial charge in [-0.2, -0.15) is 0 Å². The molecule has 1 aromatic rings. The first-order chi connectivity index (χ1) is 6.70. The Morgan fingerprint density at radius 3 is 3.00 bits per heavy atom. The summed E-state index contributed by atoms with van der Waals surface area (Å²) in [6, 6.07) is 3.89. The van der Waals surface area contributed by atoms with Gasteiger partial charge in [-0.1, -0.05) is 6.92 Å². The Labute approximate surface area is 97.0 Å². The van der Waals surface area contributed by atoms with Crippen LogP contribution in [0.5, 0.6) is 5.88 Å². The highest BCUT2D eigenvalue weighted by atomic mass is 127. The molecular formula is C10H12INO2. The van der Waals surface area contributed by atoms with E-state index in [2.05, 4.69) is 34.5 Å². The Balaban J connectivity index is 1.95. The maximum absolute atomic E-state index is 5.65. The molecule has 0 amide bonds. The van der Waals surface area contributed by atoms with Crippen molar-refractivity contribution in [2.45, 2.75) is 6.92 Å². The van der Waals surface area contributed by atoms with Gasteiger partial charge in [-0.15, -0.1) is 0 Å². The second-order valence-electron chi connectivity index (χ2n) is 3.88. The van der Waals surface area contributed by atoms with E-state index in [1.165, 1.54) is 0 Å². The maximum Gasteiger partial charge on any atom is 0.227 e. The van der Waals surface area contributed by atoms with Crippen LogP contribution in [0, 0.1) is 8.99 Å². The van der Waals surface area contributed by atoms with Crippen molar-refractivity contribution in [1.82, 2.24) is 4.98 Å². The molecule has 0 atom stereocenters. The van der Waals surface area contributed by atoms with Gasteiger partial charge in [-0.05, 0) is 34.7 Å². The second kappa shape index (κ2) is 4.02. The molecule has 2 heterocycles. The van der Waals surface area contributed by atoms with Crippen LogP contribution < -0.4 is 4.74 Å². The van der Waals surface area contributed by atoms with Crippen LogP contribution in [0.15, 0.2) is 18.3 Å². The molecule has 0 saturated carbocycles. The van der Waals surface area contributed by atoms with Crippen molar-refractivity contribution in [1.29, 1.82) is 0 Å². The van der Waals surface area contributed by atoms with Gasteiger partial charge in [0.2, 0.25) is 5.88 Å². The summed E-state index contributed by atoms with van der Waals surface area (Å²) in [5.41, 5.74) is 0.181. The lowest BCUT2D eigenvalue weighted by atomic mass is 9.90. The van der Waals surface area contributed by atoms with Crippen molar-refractivity contribution in [2.75, 3.05) is 19.8 Å². The minimum atomic E-state index is 0.181. The van der Waals surface area contributed by atoms with Crippen LogP contribution in [0.25, 0.3) is 0 Å². The molecular weight excluding hydrogens is 293 g/mol. The molecule has 0 radical (unpaired) electrons. The summed E-state index contributed by atoms with van der Waals surface area (Å²) in [5.74, 6) is 0.723. The predicted octanol–water partition coefficient (Wildman–Crippen LogP) is 2.10. The molecule has 0 N–H and O–H groups in total. The van der Waals surface area contributed by atoms with Gasteiger partial charge in [-0.3, -0.25) is 0 Å². The van der Waals surface area contributed by atoms with Gasteiger partial charge in [0, 0.05) is 11.6 Å². The topological polar surface area (TPSA) is 31.4 Å². The largest absolute Gasteiger partial charge is 0.476 e. The van der Waals surface area contributed by atoms with Crippen LogP contribution >= 0.6 is 22.6 Å². The van der Waals surface area contributed by atoms with Crippen LogP contribution in [0.3, 0.4) is 0 Å². The quantitative estimate of drug-likeness (QED) is 0.802. The number of ether oxygens (including phenoxy) is 2. The van der Waals surface area contributed by atoms with Gasteiger partial charge in [0.05, 0.1) is 23.4 Å². The summed E-state index contributed by atoms with van der Waals surface area (Å²) in [6.45, 7) is 4.42. The molecule has 1 aliphatic heterocycles. The van der Waals surface area contributed by atoms with E-state index in [4.69, 9.17) is 9.47 Å². The first kappa shape index (κ1) is 10.2. The van der Waals surface area contributed by atoms with Gasteiger partial charge < -0.3 is 9.47 Å². The Kier molecular flexibility index (Phi) is 2.92. The summed E-state index contributed by atoms with van der Waals surface area (Å²) < 4.78 is 11.8. The highest BCUT2D eigenvalue weighted by Crippen LogP contribution is 2.28. The summed E-state index contributed by atoms with van der Waals surface area (Å²) in [5, 5.41) is 0. The molecule has 3 nitrogen and oxygen atoms in total. The van der Waals surface area contributed by atoms with E-state index >= 15 is 0 Å². The van der Waals surface area contributed by atoms with Crippen molar-refractivity contribution < 1.29 is 9.47 Å². The maximum atomic E-state index is 5.65. The van der Waals surface area contributed by atoms with E-state index < -0.39 is 0 Å². The first-order valence-corrected chi connectivity index (χ1v) is 5.59. The second-order valence-corrected chi connectivity index (χ2v) is 5.04. The van der Waals surface area contributed by atoms with Crippen LogP contribution in [-0.2, 0) is 4.74 Å². The molecule has 0 bridgehead atoms. The van der Waals surface area contributed by atoms with E-state index in [0.717, 1.165) is 22.7 Å². The number of halogens is 1. The molecule has 0 aliphatic carbocycles. The number of nitrogens with zero attached hydrogens (tertiary/aromatic N) is 1. The molecule has 1 aromatic heterocycles. The standard InChI is InChI=1S/C10H12INO2/c1-10(5-13-6-10)7-14-9-8(11)3-2-4-12-9/h2-4H,5-7H2,1H3. The van der Waals surface area contributed by atoms with Gasteiger partial charge in [0.15, 0.2) is 0 Å².